The third-order valence-electron chi connectivity index (χ3n) is 2.26. The zero-order valence-corrected chi connectivity index (χ0v) is 9.44. The zero-order valence-electron chi connectivity index (χ0n) is 8.62. The number of hydrogen-bond donors (Lipinski definition) is 0. The molecule has 1 rings (SSSR count). The Morgan fingerprint density at radius 2 is 2.43 bits per heavy atom. The minimum Gasteiger partial charge on any atom is -0.382 e. The first-order chi connectivity index (χ1) is 6.75. The molecule has 0 unspecified atom stereocenters. The molecule has 0 radical (unpaired) electrons. The van der Waals surface area contributed by atoms with Crippen LogP contribution in [0.5, 0.6) is 0 Å². The molecular formula is C10H17NO2S. The quantitative estimate of drug-likeness (QED) is 0.517. The number of thiocarbonyl (C=S) groups is 1. The summed E-state index contributed by atoms with van der Waals surface area (Å²) in [5.41, 5.74) is 0. The average Bonchev–Trinajstić information content (AvgIpc) is 2.59. The summed E-state index contributed by atoms with van der Waals surface area (Å²) in [6.45, 7) is 4.16. The van der Waals surface area contributed by atoms with Gasteiger partial charge in [-0.15, -0.1) is 0 Å². The van der Waals surface area contributed by atoms with E-state index in [1.165, 1.54) is 0 Å². The van der Waals surface area contributed by atoms with Crippen LogP contribution in [0.1, 0.15) is 32.6 Å². The minimum atomic E-state index is 0.159. The van der Waals surface area contributed by atoms with Crippen LogP contribution >= 0.6 is 12.2 Å². The highest BCUT2D eigenvalue weighted by Gasteiger charge is 2.22. The lowest BCUT2D eigenvalue weighted by Gasteiger charge is -2.15. The molecule has 1 fully saturated rings. The molecule has 1 amide bonds. The van der Waals surface area contributed by atoms with Gasteiger partial charge in [0.15, 0.2) is 0 Å². The second-order valence-electron chi connectivity index (χ2n) is 3.34. The second-order valence-corrected chi connectivity index (χ2v) is 3.81. The fourth-order valence-corrected chi connectivity index (χ4v) is 1.85. The van der Waals surface area contributed by atoms with Crippen LogP contribution in [0.4, 0.5) is 0 Å². The smallest absolute Gasteiger partial charge is 0.227 e. The fourth-order valence-electron chi connectivity index (χ4n) is 1.52. The Kier molecular flexibility index (Phi) is 5.04. The number of rotatable bonds is 5. The first kappa shape index (κ1) is 11.6. The topological polar surface area (TPSA) is 29.5 Å². The Bertz CT molecular complexity index is 218. The molecule has 3 nitrogen and oxygen atoms in total. The molecule has 1 saturated heterocycles. The van der Waals surface area contributed by atoms with Crippen molar-refractivity contribution in [1.29, 1.82) is 0 Å². The molecule has 1 aliphatic rings. The minimum absolute atomic E-state index is 0.159. The number of nitrogens with zero attached hydrogens (tertiary/aromatic N) is 1. The molecule has 0 N–H and O–H groups in total. The van der Waals surface area contributed by atoms with Gasteiger partial charge in [-0.2, -0.15) is 0 Å². The van der Waals surface area contributed by atoms with Gasteiger partial charge in [0.1, 0.15) is 0 Å². The largest absolute Gasteiger partial charge is 0.382 e. The maximum Gasteiger partial charge on any atom is 0.227 e. The highest BCUT2D eigenvalue weighted by atomic mass is 32.1. The molecular weight excluding hydrogens is 198 g/mol. The first-order valence-corrected chi connectivity index (χ1v) is 5.57. The molecule has 0 aliphatic carbocycles. The number of hydrogen-bond acceptors (Lipinski definition) is 3. The van der Waals surface area contributed by atoms with Crippen molar-refractivity contribution in [1.82, 2.24) is 4.90 Å². The molecule has 1 heterocycles. The van der Waals surface area contributed by atoms with Crippen molar-refractivity contribution in [3.8, 4) is 0 Å². The first-order valence-electron chi connectivity index (χ1n) is 5.16. The Balaban J connectivity index is 2.18. The van der Waals surface area contributed by atoms with Gasteiger partial charge in [-0.3, -0.25) is 4.79 Å². The third kappa shape index (κ3) is 3.35. The molecule has 1 aliphatic heterocycles. The molecule has 0 aromatic rings. The number of carbonyl (C=O) groups excluding carboxylic acids is 1. The molecule has 14 heavy (non-hydrogen) atoms. The van der Waals surface area contributed by atoms with Crippen LogP contribution in [0.2, 0.25) is 0 Å². The lowest BCUT2D eigenvalue weighted by molar-refractivity contribution is -0.127. The van der Waals surface area contributed by atoms with Gasteiger partial charge >= 0.3 is 0 Å². The summed E-state index contributed by atoms with van der Waals surface area (Å²) in [4.78, 5) is 14.2. The van der Waals surface area contributed by atoms with E-state index in [2.05, 4.69) is 0 Å². The van der Waals surface area contributed by atoms with Gasteiger partial charge in [0.2, 0.25) is 5.91 Å². The fraction of sp³-hybridized carbons (Fsp3) is 0.800. The normalized spacial score (nSPS) is 16.4. The van der Waals surface area contributed by atoms with Gasteiger partial charge in [-0.05, 0) is 19.8 Å². The highest BCUT2D eigenvalue weighted by Crippen LogP contribution is 2.13. The van der Waals surface area contributed by atoms with E-state index in [9.17, 15) is 4.79 Å². The lowest BCUT2D eigenvalue weighted by Crippen LogP contribution is -2.30. The van der Waals surface area contributed by atoms with Crippen LogP contribution in [0.15, 0.2) is 0 Å². The average molecular weight is 215 g/mol. The summed E-state index contributed by atoms with van der Waals surface area (Å²) in [6.07, 6.45) is 3.27. The summed E-state index contributed by atoms with van der Waals surface area (Å²) in [7, 11) is 0. The van der Waals surface area contributed by atoms with Crippen LogP contribution < -0.4 is 0 Å². The van der Waals surface area contributed by atoms with Gasteiger partial charge in [0, 0.05) is 32.6 Å². The van der Waals surface area contributed by atoms with E-state index in [4.69, 9.17) is 17.0 Å². The van der Waals surface area contributed by atoms with Crippen molar-refractivity contribution in [2.45, 2.75) is 32.6 Å². The van der Waals surface area contributed by atoms with Crippen molar-refractivity contribution < 1.29 is 9.53 Å². The molecule has 80 valence electrons. The van der Waals surface area contributed by atoms with Crippen molar-refractivity contribution in [2.75, 3.05) is 19.8 Å². The molecule has 0 bridgehead atoms. The Morgan fingerprint density at radius 3 is 3.00 bits per heavy atom. The van der Waals surface area contributed by atoms with Crippen LogP contribution in [0.25, 0.3) is 0 Å². The van der Waals surface area contributed by atoms with Crippen LogP contribution in [-0.4, -0.2) is 35.6 Å². The van der Waals surface area contributed by atoms with Gasteiger partial charge in [0.05, 0.1) is 4.99 Å². The van der Waals surface area contributed by atoms with Crippen LogP contribution in [0, 0.1) is 0 Å². The van der Waals surface area contributed by atoms with E-state index in [0.29, 0.717) is 13.0 Å². The summed E-state index contributed by atoms with van der Waals surface area (Å²) in [5, 5.41) is 0. The summed E-state index contributed by atoms with van der Waals surface area (Å²) in [5.74, 6) is 0.159. The van der Waals surface area contributed by atoms with E-state index in [1.807, 2.05) is 6.92 Å². The SMILES string of the molecule is CCOCCCC(=O)N1CCCC1=S. The predicted molar refractivity (Wildman–Crippen MR) is 59.3 cm³/mol. The van der Waals surface area contributed by atoms with E-state index in [-0.39, 0.29) is 5.91 Å². The zero-order chi connectivity index (χ0) is 10.4. The van der Waals surface area contributed by atoms with Crippen LogP contribution in [0.3, 0.4) is 0 Å². The summed E-state index contributed by atoms with van der Waals surface area (Å²) in [6, 6.07) is 0. The van der Waals surface area contributed by atoms with Crippen molar-refractivity contribution >= 4 is 23.1 Å². The molecule has 0 atom stereocenters. The van der Waals surface area contributed by atoms with Gasteiger partial charge in [-0.1, -0.05) is 12.2 Å². The third-order valence-corrected chi connectivity index (χ3v) is 2.68. The van der Waals surface area contributed by atoms with Gasteiger partial charge in [-0.25, -0.2) is 0 Å². The van der Waals surface area contributed by atoms with E-state index >= 15 is 0 Å². The predicted octanol–water partition coefficient (Wildman–Crippen LogP) is 1.75. The maximum atomic E-state index is 11.6. The monoisotopic (exact) mass is 215 g/mol. The summed E-state index contributed by atoms with van der Waals surface area (Å²) >= 11 is 5.09. The molecule has 0 aromatic heterocycles. The summed E-state index contributed by atoms with van der Waals surface area (Å²) < 4.78 is 5.17. The second kappa shape index (κ2) is 6.09. The molecule has 0 spiro atoms. The number of ether oxygens (including phenoxy) is 1. The highest BCUT2D eigenvalue weighted by molar-refractivity contribution is 7.80. The van der Waals surface area contributed by atoms with Gasteiger partial charge in [0.25, 0.3) is 0 Å². The standard InChI is InChI=1S/C10H17NO2S/c1-2-13-8-4-5-9(12)11-7-3-6-10(11)14/h2-8H2,1H3. The Labute approximate surface area is 90.4 Å². The van der Waals surface area contributed by atoms with Gasteiger partial charge < -0.3 is 9.64 Å². The van der Waals surface area contributed by atoms with Crippen molar-refractivity contribution in [2.24, 2.45) is 0 Å². The molecule has 0 saturated carbocycles. The number of likely N-dealkylation sites (tertiary alicyclic amines) is 1. The Hall–Kier alpha value is -0.480. The van der Waals surface area contributed by atoms with E-state index < -0.39 is 0 Å². The van der Waals surface area contributed by atoms with E-state index in [0.717, 1.165) is 37.4 Å². The number of carbonyl (C=O) groups is 1. The number of amides is 1. The van der Waals surface area contributed by atoms with Crippen molar-refractivity contribution in [3.05, 3.63) is 0 Å². The molecule has 4 heteroatoms. The Morgan fingerprint density at radius 1 is 1.64 bits per heavy atom. The lowest BCUT2D eigenvalue weighted by atomic mass is 10.3. The maximum absolute atomic E-state index is 11.6. The van der Waals surface area contributed by atoms with E-state index in [1.54, 1.807) is 4.90 Å². The van der Waals surface area contributed by atoms with Crippen molar-refractivity contribution in [3.63, 3.8) is 0 Å². The molecule has 0 aromatic carbocycles. The van der Waals surface area contributed by atoms with Crippen LogP contribution in [-0.2, 0) is 9.53 Å².